The lowest BCUT2D eigenvalue weighted by Gasteiger charge is -2.74. The van der Waals surface area contributed by atoms with Crippen molar-refractivity contribution in [1.82, 2.24) is 0 Å². The molecule has 3 unspecified atom stereocenters. The van der Waals surface area contributed by atoms with Gasteiger partial charge in [0.2, 0.25) is 0 Å². The van der Waals surface area contributed by atoms with Crippen LogP contribution in [-0.4, -0.2) is 63.6 Å². The number of ether oxygens (including phenoxy) is 3. The van der Waals surface area contributed by atoms with Gasteiger partial charge < -0.3 is 24.4 Å². The smallest absolute Gasteiger partial charge is 0.338 e. The molecule has 43 heavy (non-hydrogen) atoms. The quantitative estimate of drug-likeness (QED) is 0.382. The van der Waals surface area contributed by atoms with Crippen molar-refractivity contribution in [3.63, 3.8) is 0 Å². The first-order valence-corrected chi connectivity index (χ1v) is 14.7. The van der Waals surface area contributed by atoms with Gasteiger partial charge in [-0.25, -0.2) is 4.79 Å². The SMILES string of the molecule is C=C1C(=C)[C@@]2(C)C(=O)C(=C)[C@@]3(C)C(C)(C)C(C)(O)C[C@@](O)(C(OC(=O)c4ccccc4)C2[C@]2(OC(C)=O)CO[C@H]12)C3(C)C. The highest BCUT2D eigenvalue weighted by Gasteiger charge is 2.82. The van der Waals surface area contributed by atoms with E-state index in [2.05, 4.69) is 19.7 Å². The summed E-state index contributed by atoms with van der Waals surface area (Å²) >= 11 is 0. The molecular formula is C35H44O8. The van der Waals surface area contributed by atoms with E-state index >= 15 is 4.79 Å². The zero-order valence-electron chi connectivity index (χ0n) is 26.5. The maximum atomic E-state index is 15.1. The molecule has 1 aliphatic heterocycles. The zero-order valence-corrected chi connectivity index (χ0v) is 26.5. The van der Waals surface area contributed by atoms with Gasteiger partial charge in [-0.1, -0.05) is 72.6 Å². The predicted octanol–water partition coefficient (Wildman–Crippen LogP) is 4.74. The zero-order chi connectivity index (χ0) is 32.3. The standard InChI is InChI=1S/C35H44O8/c1-19-20(2)32(10)24(34(43-22(4)36)18-41-26(19)34)27(42-28(38)23-15-13-12-14-16-23)35(40)17-31(9,39)29(5,6)33(11,30(35,7)8)21(3)25(32)37/h12-16,24,26-27,39-40H,1-3,17-18H2,4-11H3/t24?,26-,27?,31?,32-,33+,34-,35-/m1/s1. The van der Waals surface area contributed by atoms with Gasteiger partial charge in [0, 0.05) is 29.6 Å². The molecule has 0 aromatic heterocycles. The summed E-state index contributed by atoms with van der Waals surface area (Å²) in [5.41, 5.74) is -9.00. The number of ketones is 1. The molecule has 0 amide bonds. The second-order valence-corrected chi connectivity index (χ2v) is 14.7. The molecule has 8 heteroatoms. The third kappa shape index (κ3) is 3.46. The molecule has 8 atom stereocenters. The van der Waals surface area contributed by atoms with Crippen LogP contribution in [-0.2, 0) is 23.8 Å². The normalized spacial score (nSPS) is 42.9. The van der Waals surface area contributed by atoms with Crippen molar-refractivity contribution in [3.05, 3.63) is 72.4 Å². The number of fused-ring (bicyclic) bond motifs is 5. The third-order valence-electron chi connectivity index (χ3n) is 12.6. The highest BCUT2D eigenvalue weighted by molar-refractivity contribution is 6.04. The Morgan fingerprint density at radius 1 is 0.930 bits per heavy atom. The molecule has 1 aromatic rings. The van der Waals surface area contributed by atoms with Crippen LogP contribution in [0.5, 0.6) is 0 Å². The van der Waals surface area contributed by atoms with Gasteiger partial charge in [0.05, 0.1) is 29.1 Å². The van der Waals surface area contributed by atoms with Gasteiger partial charge in [-0.05, 0) is 42.7 Å². The molecular weight excluding hydrogens is 548 g/mol. The van der Waals surface area contributed by atoms with E-state index in [9.17, 15) is 19.8 Å². The van der Waals surface area contributed by atoms with E-state index in [1.807, 2.05) is 34.6 Å². The van der Waals surface area contributed by atoms with Crippen LogP contribution in [0.25, 0.3) is 0 Å². The first-order chi connectivity index (χ1) is 19.6. The van der Waals surface area contributed by atoms with E-state index in [0.717, 1.165) is 0 Å². The molecule has 2 bridgehead atoms. The number of esters is 2. The van der Waals surface area contributed by atoms with Crippen LogP contribution in [0.3, 0.4) is 0 Å². The van der Waals surface area contributed by atoms with Crippen LogP contribution in [0.2, 0.25) is 0 Å². The van der Waals surface area contributed by atoms with Gasteiger partial charge in [-0.15, -0.1) is 0 Å². The van der Waals surface area contributed by atoms with E-state index in [1.54, 1.807) is 44.2 Å². The number of Topliss-reactive ketones (excluding diaryl/α,β-unsaturated/α-hetero) is 1. The minimum atomic E-state index is -1.98. The van der Waals surface area contributed by atoms with Crippen LogP contribution < -0.4 is 0 Å². The average molecular weight is 593 g/mol. The Bertz CT molecular complexity index is 1470. The number of rotatable bonds is 3. The topological polar surface area (TPSA) is 119 Å². The molecule has 0 radical (unpaired) electrons. The summed E-state index contributed by atoms with van der Waals surface area (Å²) in [6.07, 6.45) is -2.58. The van der Waals surface area contributed by atoms with E-state index in [1.165, 1.54) is 6.92 Å². The summed E-state index contributed by atoms with van der Waals surface area (Å²) in [6, 6.07) is 8.33. The lowest BCUT2D eigenvalue weighted by molar-refractivity contribution is -0.342. The molecule has 3 aliphatic carbocycles. The number of carbonyl (C=O) groups excluding carboxylic acids is 3. The molecule has 4 aliphatic rings. The highest BCUT2D eigenvalue weighted by Crippen LogP contribution is 2.74. The number of benzene rings is 1. The Balaban J connectivity index is 1.90. The Morgan fingerprint density at radius 3 is 2.02 bits per heavy atom. The van der Waals surface area contributed by atoms with Crippen LogP contribution in [0.15, 0.2) is 66.8 Å². The summed E-state index contributed by atoms with van der Waals surface area (Å²) < 4.78 is 18.4. The molecule has 5 rings (SSSR count). The molecule has 0 spiro atoms. The first-order valence-electron chi connectivity index (χ1n) is 14.7. The summed E-state index contributed by atoms with van der Waals surface area (Å²) in [4.78, 5) is 41.8. The van der Waals surface area contributed by atoms with Gasteiger partial charge in [-0.3, -0.25) is 9.59 Å². The maximum Gasteiger partial charge on any atom is 0.338 e. The molecule has 1 heterocycles. The Kier molecular flexibility index (Phi) is 6.56. The minimum Gasteiger partial charge on any atom is -0.455 e. The lowest BCUT2D eigenvalue weighted by Crippen LogP contribution is -2.83. The van der Waals surface area contributed by atoms with Gasteiger partial charge in [-0.2, -0.15) is 0 Å². The second-order valence-electron chi connectivity index (χ2n) is 14.7. The van der Waals surface area contributed by atoms with E-state index in [4.69, 9.17) is 14.2 Å². The summed E-state index contributed by atoms with van der Waals surface area (Å²) in [5.74, 6) is -2.96. The molecule has 8 nitrogen and oxygen atoms in total. The number of allylic oxidation sites excluding steroid dienone is 1. The molecule has 1 saturated heterocycles. The first kappa shape index (κ1) is 31.4. The van der Waals surface area contributed by atoms with Gasteiger partial charge in [0.15, 0.2) is 11.4 Å². The molecule has 232 valence electrons. The number of aliphatic hydroxyl groups is 2. The lowest BCUT2D eigenvalue weighted by atomic mass is 9.33. The van der Waals surface area contributed by atoms with Crippen molar-refractivity contribution in [2.24, 2.45) is 27.6 Å². The van der Waals surface area contributed by atoms with E-state index in [0.29, 0.717) is 11.1 Å². The van der Waals surface area contributed by atoms with Gasteiger partial charge in [0.25, 0.3) is 0 Å². The molecule has 1 aromatic carbocycles. The summed E-state index contributed by atoms with van der Waals surface area (Å²) in [5, 5.41) is 25.4. The number of carbonyl (C=O) groups is 3. The third-order valence-corrected chi connectivity index (χ3v) is 12.6. The molecule has 4 fully saturated rings. The van der Waals surface area contributed by atoms with Gasteiger partial charge in [0.1, 0.15) is 17.8 Å². The van der Waals surface area contributed by atoms with Crippen LogP contribution in [0.1, 0.15) is 72.2 Å². The highest BCUT2D eigenvalue weighted by atomic mass is 16.6. The van der Waals surface area contributed by atoms with Crippen molar-refractivity contribution in [2.75, 3.05) is 6.61 Å². The van der Waals surface area contributed by atoms with Crippen molar-refractivity contribution in [2.45, 2.75) is 90.8 Å². The fraction of sp³-hybridized carbons (Fsp3) is 0.571. The summed E-state index contributed by atoms with van der Waals surface area (Å²) in [7, 11) is 0. The van der Waals surface area contributed by atoms with Crippen molar-refractivity contribution < 1.29 is 38.8 Å². The Morgan fingerprint density at radius 2 is 1.51 bits per heavy atom. The van der Waals surface area contributed by atoms with Gasteiger partial charge >= 0.3 is 11.9 Å². The molecule has 3 saturated carbocycles. The molecule has 2 N–H and O–H groups in total. The van der Waals surface area contributed by atoms with Crippen LogP contribution >= 0.6 is 0 Å². The van der Waals surface area contributed by atoms with Crippen LogP contribution in [0, 0.1) is 27.6 Å². The number of hydrogen-bond acceptors (Lipinski definition) is 8. The van der Waals surface area contributed by atoms with Crippen molar-refractivity contribution >= 4 is 17.7 Å². The van der Waals surface area contributed by atoms with E-state index < -0.39 is 74.3 Å². The fourth-order valence-corrected chi connectivity index (χ4v) is 9.07. The van der Waals surface area contributed by atoms with Crippen molar-refractivity contribution in [1.29, 1.82) is 0 Å². The summed E-state index contributed by atoms with van der Waals surface area (Å²) in [6.45, 7) is 26.5. The predicted molar refractivity (Wildman–Crippen MR) is 160 cm³/mol. The maximum absolute atomic E-state index is 15.1. The van der Waals surface area contributed by atoms with E-state index in [-0.39, 0.29) is 24.2 Å². The Hall–Kier alpha value is -3.07. The minimum absolute atomic E-state index is 0.126. The monoisotopic (exact) mass is 592 g/mol. The van der Waals surface area contributed by atoms with Crippen molar-refractivity contribution in [3.8, 4) is 0 Å². The fourth-order valence-electron chi connectivity index (χ4n) is 9.07. The largest absolute Gasteiger partial charge is 0.455 e. The number of hydrogen-bond donors (Lipinski definition) is 2. The average Bonchev–Trinajstić information content (AvgIpc) is 2.91. The second kappa shape index (κ2) is 8.99. The van der Waals surface area contributed by atoms with Crippen LogP contribution in [0.4, 0.5) is 0 Å². The Labute approximate surface area is 253 Å².